The van der Waals surface area contributed by atoms with Crippen LogP contribution in [0.5, 0.6) is 0 Å². The van der Waals surface area contributed by atoms with E-state index in [9.17, 15) is 9.59 Å². The van der Waals surface area contributed by atoms with Crippen LogP contribution < -0.4 is 26.4 Å². The molecule has 5 rings (SSSR count). The fraction of sp³-hybridized carbons (Fsp3) is 0.238. The lowest BCUT2D eigenvalue weighted by molar-refractivity contribution is -0.124. The molecule has 9 nitrogen and oxygen atoms in total. The van der Waals surface area contributed by atoms with Gasteiger partial charge in [0.1, 0.15) is 10.5 Å². The van der Waals surface area contributed by atoms with Crippen molar-refractivity contribution in [2.24, 2.45) is 5.92 Å². The number of aromatic nitrogens is 2. The molecule has 3 unspecified atom stereocenters. The van der Waals surface area contributed by atoms with E-state index in [-0.39, 0.29) is 35.6 Å². The number of fused-ring (bicyclic) bond motifs is 1. The van der Waals surface area contributed by atoms with E-state index in [1.54, 1.807) is 17.0 Å². The monoisotopic (exact) mass is 501 g/mol. The molecule has 2 aliphatic heterocycles. The number of para-hydroxylation sites is 1. The van der Waals surface area contributed by atoms with Gasteiger partial charge in [0, 0.05) is 22.8 Å². The Morgan fingerprint density at radius 3 is 2.79 bits per heavy atom. The Kier molecular flexibility index (Phi) is 6.58. The highest BCUT2D eigenvalue weighted by Gasteiger charge is 2.44. The Labute approximate surface area is 203 Å². The molecule has 0 radical (unpaired) electrons. The lowest BCUT2D eigenvalue weighted by Gasteiger charge is -2.41. The van der Waals surface area contributed by atoms with E-state index in [1.807, 2.05) is 42.5 Å². The fourth-order valence-corrected chi connectivity index (χ4v) is 5.43. The minimum Gasteiger partial charge on any atom is -0.293 e. The van der Waals surface area contributed by atoms with Crippen molar-refractivity contribution in [1.82, 2.24) is 25.5 Å². The first-order valence-corrected chi connectivity index (χ1v) is 12.4. The van der Waals surface area contributed by atoms with Gasteiger partial charge in [0.05, 0.1) is 17.8 Å². The van der Waals surface area contributed by atoms with Gasteiger partial charge in [0.25, 0.3) is 0 Å². The van der Waals surface area contributed by atoms with Crippen LogP contribution in [0, 0.1) is 5.92 Å². The number of carbonyl (C=O) groups excluding carboxylic acids is 2. The number of hydrogen-bond donors (Lipinski definition) is 4. The van der Waals surface area contributed by atoms with Crippen molar-refractivity contribution in [2.75, 3.05) is 22.5 Å². The van der Waals surface area contributed by atoms with Crippen LogP contribution in [0.15, 0.2) is 54.6 Å². The third-order valence-corrected chi connectivity index (χ3v) is 7.38. The van der Waals surface area contributed by atoms with Crippen molar-refractivity contribution < 1.29 is 9.59 Å². The van der Waals surface area contributed by atoms with Gasteiger partial charge in [-0.25, -0.2) is 5.43 Å². The van der Waals surface area contributed by atoms with E-state index in [2.05, 4.69) is 30.8 Å². The molecule has 170 valence electrons. The molecule has 1 aromatic heterocycles. The number of hydrogen-bond acceptors (Lipinski definition) is 9. The molecule has 3 aromatic rings. The summed E-state index contributed by atoms with van der Waals surface area (Å²) in [7, 11) is 0. The molecule has 2 aliphatic rings. The molecule has 0 saturated carbocycles. The largest absolute Gasteiger partial charge is 0.293 e. The molecule has 2 fully saturated rings. The fourth-order valence-electron chi connectivity index (χ4n) is 3.68. The Morgan fingerprint density at radius 2 is 2.00 bits per heavy atom. The summed E-state index contributed by atoms with van der Waals surface area (Å²) in [5, 5.41) is 7.49. The number of hydrazine groups is 1. The van der Waals surface area contributed by atoms with Crippen LogP contribution in [0.25, 0.3) is 10.6 Å². The highest BCUT2D eigenvalue weighted by atomic mass is 35.5. The van der Waals surface area contributed by atoms with Crippen molar-refractivity contribution in [2.45, 2.75) is 11.7 Å². The second kappa shape index (κ2) is 9.75. The summed E-state index contributed by atoms with van der Waals surface area (Å²) < 4.78 is 4.23. The predicted molar refractivity (Wildman–Crippen MR) is 131 cm³/mol. The first-order chi connectivity index (χ1) is 16.1. The number of rotatable bonds is 6. The van der Waals surface area contributed by atoms with Crippen molar-refractivity contribution in [1.29, 1.82) is 0 Å². The van der Waals surface area contributed by atoms with Gasteiger partial charge in [-0.15, -0.1) is 11.8 Å². The smallest absolute Gasteiger partial charge is 0.241 e. The van der Waals surface area contributed by atoms with Gasteiger partial charge >= 0.3 is 0 Å². The number of carbonyl (C=O) groups is 2. The lowest BCUT2D eigenvalue weighted by atomic mass is 10.0. The Bertz CT molecular complexity index is 1150. The second-order valence-electron chi connectivity index (χ2n) is 7.46. The zero-order valence-electron chi connectivity index (χ0n) is 17.2. The van der Waals surface area contributed by atoms with E-state index < -0.39 is 5.50 Å². The highest BCUT2D eigenvalue weighted by molar-refractivity contribution is 8.00. The maximum absolute atomic E-state index is 13.2. The summed E-state index contributed by atoms with van der Waals surface area (Å²) in [4.78, 5) is 31.9. The predicted octanol–water partition coefficient (Wildman–Crippen LogP) is 2.50. The molecule has 3 atom stereocenters. The summed E-state index contributed by atoms with van der Waals surface area (Å²) in [6.45, 7) is 0.545. The number of amides is 2. The molecule has 2 saturated heterocycles. The summed E-state index contributed by atoms with van der Waals surface area (Å²) in [5.41, 5.74) is 7.37. The summed E-state index contributed by atoms with van der Waals surface area (Å²) in [6.07, 6.45) is -0.194. The van der Waals surface area contributed by atoms with E-state index in [4.69, 9.17) is 11.6 Å². The van der Waals surface area contributed by atoms with Crippen LogP contribution in [-0.4, -0.2) is 45.1 Å². The van der Waals surface area contributed by atoms with Crippen LogP contribution in [0.4, 0.5) is 11.6 Å². The lowest BCUT2D eigenvalue weighted by Crippen LogP contribution is -2.64. The van der Waals surface area contributed by atoms with Gasteiger partial charge in [0.15, 0.2) is 0 Å². The molecular weight excluding hydrogens is 482 g/mol. The van der Waals surface area contributed by atoms with Crippen molar-refractivity contribution in [3.63, 3.8) is 0 Å². The molecule has 12 heteroatoms. The maximum Gasteiger partial charge on any atom is 0.241 e. The Hall–Kier alpha value is -2.54. The summed E-state index contributed by atoms with van der Waals surface area (Å²) in [6, 6.07) is 16.7. The molecule has 33 heavy (non-hydrogen) atoms. The number of thioether (sulfide) groups is 1. The van der Waals surface area contributed by atoms with Gasteiger partial charge in [0.2, 0.25) is 17.8 Å². The van der Waals surface area contributed by atoms with Crippen LogP contribution >= 0.6 is 34.9 Å². The number of anilines is 2. The summed E-state index contributed by atoms with van der Waals surface area (Å²) in [5.74, 6) is -0.0862. The molecule has 0 aliphatic carbocycles. The van der Waals surface area contributed by atoms with E-state index >= 15 is 0 Å². The highest BCUT2D eigenvalue weighted by Crippen LogP contribution is 2.30. The van der Waals surface area contributed by atoms with Crippen molar-refractivity contribution in [3.05, 3.63) is 59.6 Å². The zero-order chi connectivity index (χ0) is 22.8. The zero-order valence-corrected chi connectivity index (χ0v) is 19.6. The Balaban J connectivity index is 1.24. The SMILES string of the molecule is O=C(CSC1NC2NNCC2C(=O)N1c1ccccc1)Nc1nsc(-c2ccc(Cl)cc2)n1. The third kappa shape index (κ3) is 4.88. The number of halogens is 1. The molecule has 4 N–H and O–H groups in total. The average molecular weight is 502 g/mol. The standard InChI is InChI=1S/C21H20ClN7O2S2/c22-13-8-6-12(7-9-13)18-26-20(28-33-18)24-16(30)11-32-21-25-17-15(10-23-27-17)19(31)29(21)14-4-2-1-3-5-14/h1-9,15,17,21,23,25,27H,10-11H2,(H,24,28,30). The van der Waals surface area contributed by atoms with Crippen molar-refractivity contribution in [3.8, 4) is 10.6 Å². The molecule has 2 amide bonds. The Morgan fingerprint density at radius 1 is 1.21 bits per heavy atom. The van der Waals surface area contributed by atoms with Crippen LogP contribution in [0.2, 0.25) is 5.02 Å². The van der Waals surface area contributed by atoms with E-state index in [1.165, 1.54) is 23.3 Å². The van der Waals surface area contributed by atoms with Crippen LogP contribution in [0.3, 0.4) is 0 Å². The molecular formula is C21H20ClN7O2S2. The number of nitrogens with zero attached hydrogens (tertiary/aromatic N) is 3. The van der Waals surface area contributed by atoms with Gasteiger partial charge in [-0.05, 0) is 35.8 Å². The minimum atomic E-state index is -0.410. The van der Waals surface area contributed by atoms with E-state index in [0.717, 1.165) is 11.3 Å². The number of nitrogens with one attached hydrogen (secondary N) is 4. The minimum absolute atomic E-state index is 0.00846. The molecule has 0 bridgehead atoms. The van der Waals surface area contributed by atoms with Gasteiger partial charge in [-0.1, -0.05) is 41.9 Å². The van der Waals surface area contributed by atoms with Gasteiger partial charge in [-0.3, -0.25) is 30.5 Å². The third-order valence-electron chi connectivity index (χ3n) is 5.27. The summed E-state index contributed by atoms with van der Waals surface area (Å²) >= 11 is 8.46. The normalized spacial score (nSPS) is 22.3. The molecule has 0 spiro atoms. The first-order valence-electron chi connectivity index (χ1n) is 10.2. The quantitative estimate of drug-likeness (QED) is 0.408. The number of benzene rings is 2. The van der Waals surface area contributed by atoms with Gasteiger partial charge in [-0.2, -0.15) is 9.36 Å². The maximum atomic E-state index is 13.2. The van der Waals surface area contributed by atoms with Gasteiger partial charge < -0.3 is 0 Å². The average Bonchev–Trinajstić information content (AvgIpc) is 3.49. The second-order valence-corrected chi connectivity index (χ2v) is 9.72. The molecule has 2 aromatic carbocycles. The first kappa shape index (κ1) is 22.3. The topological polar surface area (TPSA) is 111 Å². The molecule has 3 heterocycles. The van der Waals surface area contributed by atoms with Crippen LogP contribution in [0.1, 0.15) is 0 Å². The van der Waals surface area contributed by atoms with E-state index in [0.29, 0.717) is 16.6 Å². The van der Waals surface area contributed by atoms with Crippen molar-refractivity contribution >= 4 is 58.3 Å². The van der Waals surface area contributed by atoms with Crippen LogP contribution in [-0.2, 0) is 9.59 Å².